The van der Waals surface area contributed by atoms with Crippen molar-refractivity contribution >= 4 is 0 Å². The average molecular weight is 142 g/mol. The molecule has 2 N–H and O–H groups in total. The zero-order valence-electron chi connectivity index (χ0n) is 6.98. The summed E-state index contributed by atoms with van der Waals surface area (Å²) in [5, 5.41) is 6.88. The molecule has 0 aromatic rings. The molecule has 1 fully saturated rings. The molecule has 0 unspecified atom stereocenters. The summed E-state index contributed by atoms with van der Waals surface area (Å²) in [6, 6.07) is 0.756. The van der Waals surface area contributed by atoms with Crippen molar-refractivity contribution in [1.82, 2.24) is 10.6 Å². The van der Waals surface area contributed by atoms with E-state index in [1.54, 1.807) is 0 Å². The highest BCUT2D eigenvalue weighted by molar-refractivity contribution is 4.79. The number of rotatable bonds is 2. The molecule has 10 heavy (non-hydrogen) atoms. The largest absolute Gasteiger partial charge is 0.316 e. The summed E-state index contributed by atoms with van der Waals surface area (Å²) in [5.74, 6) is 0.800. The van der Waals surface area contributed by atoms with Crippen molar-refractivity contribution < 1.29 is 0 Å². The first-order valence-electron chi connectivity index (χ1n) is 4.28. The first kappa shape index (κ1) is 8.02. The minimum Gasteiger partial charge on any atom is -0.316 e. The Balaban J connectivity index is 2.25. The standard InChI is InChI=1S/C8H18N2/c1-3-10-8-4-5-9-6-7(8)2/h7-10H,3-6H2,1-2H3/t7-,8-/m0/s1. The second-order valence-electron chi connectivity index (χ2n) is 3.13. The minimum absolute atomic E-state index is 0.756. The molecule has 0 aromatic heterocycles. The van der Waals surface area contributed by atoms with Gasteiger partial charge in [0.05, 0.1) is 0 Å². The lowest BCUT2D eigenvalue weighted by molar-refractivity contribution is 0.301. The topological polar surface area (TPSA) is 24.1 Å². The first-order valence-corrected chi connectivity index (χ1v) is 4.28. The molecule has 2 nitrogen and oxygen atoms in total. The average Bonchev–Trinajstić information content (AvgIpc) is 1.94. The molecule has 60 valence electrons. The summed E-state index contributed by atoms with van der Waals surface area (Å²) in [7, 11) is 0. The molecular weight excluding hydrogens is 124 g/mol. The van der Waals surface area contributed by atoms with E-state index in [4.69, 9.17) is 0 Å². The summed E-state index contributed by atoms with van der Waals surface area (Å²) in [6.07, 6.45) is 1.29. The van der Waals surface area contributed by atoms with Gasteiger partial charge in [0.2, 0.25) is 0 Å². The van der Waals surface area contributed by atoms with E-state index in [2.05, 4.69) is 24.5 Å². The Morgan fingerprint density at radius 1 is 1.60 bits per heavy atom. The smallest absolute Gasteiger partial charge is 0.0117 e. The number of hydrogen-bond acceptors (Lipinski definition) is 2. The van der Waals surface area contributed by atoms with Crippen LogP contribution in [0.4, 0.5) is 0 Å². The summed E-state index contributed by atoms with van der Waals surface area (Å²) in [5.41, 5.74) is 0. The van der Waals surface area contributed by atoms with Gasteiger partial charge in [-0.1, -0.05) is 13.8 Å². The van der Waals surface area contributed by atoms with Crippen LogP contribution in [0.15, 0.2) is 0 Å². The van der Waals surface area contributed by atoms with Crippen molar-refractivity contribution in [2.24, 2.45) is 5.92 Å². The van der Waals surface area contributed by atoms with Crippen LogP contribution in [-0.4, -0.2) is 25.7 Å². The molecule has 0 bridgehead atoms. The highest BCUT2D eigenvalue weighted by atomic mass is 15.0. The second kappa shape index (κ2) is 3.94. The van der Waals surface area contributed by atoms with Gasteiger partial charge in [-0.05, 0) is 32.0 Å². The molecule has 1 heterocycles. The lowest BCUT2D eigenvalue weighted by Crippen LogP contribution is -2.46. The normalized spacial score (nSPS) is 34.2. The third-order valence-corrected chi connectivity index (χ3v) is 2.25. The predicted octanol–water partition coefficient (Wildman–Crippen LogP) is 0.594. The van der Waals surface area contributed by atoms with Crippen LogP contribution < -0.4 is 10.6 Å². The Kier molecular flexibility index (Phi) is 3.16. The summed E-state index contributed by atoms with van der Waals surface area (Å²) < 4.78 is 0. The molecule has 1 aliphatic heterocycles. The van der Waals surface area contributed by atoms with E-state index >= 15 is 0 Å². The molecule has 0 saturated carbocycles. The van der Waals surface area contributed by atoms with E-state index < -0.39 is 0 Å². The van der Waals surface area contributed by atoms with Gasteiger partial charge in [0, 0.05) is 6.04 Å². The molecule has 0 radical (unpaired) electrons. The fraction of sp³-hybridized carbons (Fsp3) is 1.00. The number of hydrogen-bond donors (Lipinski definition) is 2. The fourth-order valence-electron chi connectivity index (χ4n) is 1.58. The van der Waals surface area contributed by atoms with E-state index in [1.165, 1.54) is 19.5 Å². The van der Waals surface area contributed by atoms with E-state index in [1.807, 2.05) is 0 Å². The Bertz CT molecular complexity index is 91.3. The SMILES string of the molecule is CCN[C@H]1CCNC[C@@H]1C. The van der Waals surface area contributed by atoms with Gasteiger partial charge in [-0.3, -0.25) is 0 Å². The lowest BCUT2D eigenvalue weighted by atomic mass is 9.95. The van der Waals surface area contributed by atoms with Crippen LogP contribution in [-0.2, 0) is 0 Å². The van der Waals surface area contributed by atoms with Crippen LogP contribution in [0.25, 0.3) is 0 Å². The van der Waals surface area contributed by atoms with Gasteiger partial charge in [-0.2, -0.15) is 0 Å². The maximum absolute atomic E-state index is 3.49. The molecule has 0 spiro atoms. The van der Waals surface area contributed by atoms with Gasteiger partial charge in [0.25, 0.3) is 0 Å². The molecule has 1 saturated heterocycles. The van der Waals surface area contributed by atoms with Crippen molar-refractivity contribution in [3.63, 3.8) is 0 Å². The quantitative estimate of drug-likeness (QED) is 0.590. The maximum Gasteiger partial charge on any atom is 0.0117 e. The lowest BCUT2D eigenvalue weighted by Gasteiger charge is -2.29. The molecule has 1 aliphatic rings. The highest BCUT2D eigenvalue weighted by Gasteiger charge is 2.18. The van der Waals surface area contributed by atoms with Crippen molar-refractivity contribution in [1.29, 1.82) is 0 Å². The van der Waals surface area contributed by atoms with Gasteiger partial charge in [-0.15, -0.1) is 0 Å². The first-order chi connectivity index (χ1) is 4.84. The van der Waals surface area contributed by atoms with Gasteiger partial charge >= 0.3 is 0 Å². The molecule has 0 aliphatic carbocycles. The zero-order chi connectivity index (χ0) is 7.40. The van der Waals surface area contributed by atoms with E-state index in [0.717, 1.165) is 18.5 Å². The minimum atomic E-state index is 0.756. The van der Waals surface area contributed by atoms with E-state index in [-0.39, 0.29) is 0 Å². The number of piperidine rings is 1. The predicted molar refractivity (Wildman–Crippen MR) is 44.1 cm³/mol. The Morgan fingerprint density at radius 2 is 2.40 bits per heavy atom. The van der Waals surface area contributed by atoms with Crippen molar-refractivity contribution in [2.45, 2.75) is 26.3 Å². The molecule has 1 rings (SSSR count). The zero-order valence-corrected chi connectivity index (χ0v) is 6.98. The maximum atomic E-state index is 3.49. The Morgan fingerprint density at radius 3 is 3.00 bits per heavy atom. The molecule has 2 heteroatoms. The number of nitrogens with one attached hydrogen (secondary N) is 2. The monoisotopic (exact) mass is 142 g/mol. The summed E-state index contributed by atoms with van der Waals surface area (Å²) in [6.45, 7) is 7.95. The Labute approximate surface area is 63.4 Å². The summed E-state index contributed by atoms with van der Waals surface area (Å²) >= 11 is 0. The van der Waals surface area contributed by atoms with Crippen LogP contribution in [0.5, 0.6) is 0 Å². The highest BCUT2D eigenvalue weighted by Crippen LogP contribution is 2.09. The Hall–Kier alpha value is -0.0800. The van der Waals surface area contributed by atoms with Gasteiger partial charge < -0.3 is 10.6 Å². The van der Waals surface area contributed by atoms with Gasteiger partial charge in [0.1, 0.15) is 0 Å². The van der Waals surface area contributed by atoms with E-state index in [9.17, 15) is 0 Å². The molecule has 0 aromatic carbocycles. The molecular formula is C8H18N2. The second-order valence-corrected chi connectivity index (χ2v) is 3.13. The third kappa shape index (κ3) is 1.96. The van der Waals surface area contributed by atoms with Crippen LogP contribution in [0, 0.1) is 5.92 Å². The van der Waals surface area contributed by atoms with Gasteiger partial charge in [-0.25, -0.2) is 0 Å². The van der Waals surface area contributed by atoms with E-state index in [0.29, 0.717) is 0 Å². The van der Waals surface area contributed by atoms with Crippen molar-refractivity contribution in [2.75, 3.05) is 19.6 Å². The molecule has 0 amide bonds. The van der Waals surface area contributed by atoms with Crippen LogP contribution in [0.3, 0.4) is 0 Å². The summed E-state index contributed by atoms with van der Waals surface area (Å²) in [4.78, 5) is 0. The van der Waals surface area contributed by atoms with Crippen LogP contribution in [0.1, 0.15) is 20.3 Å². The van der Waals surface area contributed by atoms with Gasteiger partial charge in [0.15, 0.2) is 0 Å². The molecule has 2 atom stereocenters. The van der Waals surface area contributed by atoms with Crippen LogP contribution in [0.2, 0.25) is 0 Å². The van der Waals surface area contributed by atoms with Crippen molar-refractivity contribution in [3.8, 4) is 0 Å². The van der Waals surface area contributed by atoms with Crippen molar-refractivity contribution in [3.05, 3.63) is 0 Å². The van der Waals surface area contributed by atoms with Crippen LogP contribution >= 0.6 is 0 Å². The fourth-order valence-corrected chi connectivity index (χ4v) is 1.58. The third-order valence-electron chi connectivity index (χ3n) is 2.25.